The lowest BCUT2D eigenvalue weighted by Crippen LogP contribution is -2.07. The molecule has 2 rings (SSSR count). The van der Waals surface area contributed by atoms with Crippen LogP contribution in [0, 0.1) is 5.82 Å². The van der Waals surface area contributed by atoms with Gasteiger partial charge in [0.2, 0.25) is 0 Å². The molecule has 0 amide bonds. The summed E-state index contributed by atoms with van der Waals surface area (Å²) in [5, 5.41) is 1.85. The molecule has 0 aromatic heterocycles. The molecule has 0 N–H and O–H groups in total. The Balaban J connectivity index is 2.32. The number of halogens is 4. The van der Waals surface area contributed by atoms with Gasteiger partial charge in [-0.15, -0.1) is 0 Å². The minimum atomic E-state index is -0.273. The van der Waals surface area contributed by atoms with Gasteiger partial charge < -0.3 is 0 Å². The van der Waals surface area contributed by atoms with E-state index in [1.165, 1.54) is 6.07 Å². The third-order valence-electron chi connectivity index (χ3n) is 3.04. The quantitative estimate of drug-likeness (QED) is 0.599. The van der Waals surface area contributed by atoms with Crippen LogP contribution in [-0.2, 0) is 6.42 Å². The van der Waals surface area contributed by atoms with Crippen molar-refractivity contribution in [3.63, 3.8) is 0 Å². The minimum Gasteiger partial charge on any atom is -0.207 e. The summed E-state index contributed by atoms with van der Waals surface area (Å²) in [6, 6.07) is 12.4. The lowest BCUT2D eigenvalue weighted by Gasteiger charge is -2.17. The van der Waals surface area contributed by atoms with Gasteiger partial charge in [0.15, 0.2) is 0 Å². The van der Waals surface area contributed by atoms with Gasteiger partial charge in [-0.1, -0.05) is 63.4 Å². The van der Waals surface area contributed by atoms with E-state index < -0.39 is 0 Å². The SMILES string of the molecule is Fc1cccc(Cl)c1CC(CBr)c1ccccc1Cl. The second-order valence-electron chi connectivity index (χ2n) is 4.28. The smallest absolute Gasteiger partial charge is 0.127 e. The number of benzene rings is 2. The summed E-state index contributed by atoms with van der Waals surface area (Å²) in [6.07, 6.45) is 0.514. The van der Waals surface area contributed by atoms with Crippen LogP contribution in [0.15, 0.2) is 42.5 Å². The Kier molecular flexibility index (Phi) is 5.26. The summed E-state index contributed by atoms with van der Waals surface area (Å²) >= 11 is 15.7. The molecule has 0 saturated heterocycles. The van der Waals surface area contributed by atoms with Crippen molar-refractivity contribution in [3.8, 4) is 0 Å². The Bertz CT molecular complexity index is 552. The largest absolute Gasteiger partial charge is 0.207 e. The first-order valence-corrected chi connectivity index (χ1v) is 7.74. The van der Waals surface area contributed by atoms with Gasteiger partial charge in [-0.05, 0) is 36.1 Å². The lowest BCUT2D eigenvalue weighted by molar-refractivity contribution is 0.599. The molecule has 0 nitrogen and oxygen atoms in total. The first kappa shape index (κ1) is 14.8. The molecular weight excluding hydrogens is 350 g/mol. The van der Waals surface area contributed by atoms with Gasteiger partial charge in [0.05, 0.1) is 0 Å². The maximum Gasteiger partial charge on any atom is 0.127 e. The molecule has 2 aromatic rings. The molecule has 2 aromatic carbocycles. The fourth-order valence-electron chi connectivity index (χ4n) is 2.03. The molecule has 1 unspecified atom stereocenters. The van der Waals surface area contributed by atoms with Gasteiger partial charge in [-0.2, -0.15) is 0 Å². The van der Waals surface area contributed by atoms with Crippen molar-refractivity contribution in [3.05, 3.63) is 69.5 Å². The summed E-state index contributed by atoms with van der Waals surface area (Å²) in [4.78, 5) is 0. The normalized spacial score (nSPS) is 12.4. The summed E-state index contributed by atoms with van der Waals surface area (Å²) in [7, 11) is 0. The van der Waals surface area contributed by atoms with Crippen molar-refractivity contribution in [1.29, 1.82) is 0 Å². The summed E-state index contributed by atoms with van der Waals surface area (Å²) in [5.41, 5.74) is 1.54. The maximum absolute atomic E-state index is 13.8. The number of hydrogen-bond donors (Lipinski definition) is 0. The highest BCUT2D eigenvalue weighted by molar-refractivity contribution is 9.09. The van der Waals surface area contributed by atoms with Crippen LogP contribution in [0.2, 0.25) is 10.0 Å². The number of rotatable bonds is 4. The predicted octanol–water partition coefficient (Wildman–Crippen LogP) is 5.85. The Morgan fingerprint density at radius 2 is 1.68 bits per heavy atom. The molecule has 0 heterocycles. The van der Waals surface area contributed by atoms with Gasteiger partial charge >= 0.3 is 0 Å². The van der Waals surface area contributed by atoms with E-state index in [0.29, 0.717) is 27.4 Å². The molecule has 0 spiro atoms. The van der Waals surface area contributed by atoms with Crippen LogP contribution in [0.4, 0.5) is 4.39 Å². The number of alkyl halides is 1. The lowest BCUT2D eigenvalue weighted by atomic mass is 9.93. The Hall–Kier alpha value is -0.570. The molecule has 0 radical (unpaired) electrons. The van der Waals surface area contributed by atoms with Gasteiger partial charge in [-0.25, -0.2) is 4.39 Å². The zero-order valence-corrected chi connectivity index (χ0v) is 13.1. The average Bonchev–Trinajstić information content (AvgIpc) is 2.40. The van der Waals surface area contributed by atoms with Gasteiger partial charge in [0.1, 0.15) is 5.82 Å². The number of hydrogen-bond acceptors (Lipinski definition) is 0. The van der Waals surface area contributed by atoms with Crippen molar-refractivity contribution in [2.45, 2.75) is 12.3 Å². The summed E-state index contributed by atoms with van der Waals surface area (Å²) in [5.74, 6) is -0.186. The van der Waals surface area contributed by atoms with Crippen molar-refractivity contribution in [1.82, 2.24) is 0 Å². The second kappa shape index (κ2) is 6.74. The maximum atomic E-state index is 13.8. The second-order valence-corrected chi connectivity index (χ2v) is 5.74. The van der Waals surface area contributed by atoms with E-state index in [0.717, 1.165) is 5.56 Å². The van der Waals surface area contributed by atoms with E-state index in [-0.39, 0.29) is 11.7 Å². The van der Waals surface area contributed by atoms with Crippen molar-refractivity contribution in [2.75, 3.05) is 5.33 Å². The van der Waals surface area contributed by atoms with Crippen molar-refractivity contribution < 1.29 is 4.39 Å². The standard InChI is InChI=1S/C15H12BrCl2F/c16-9-10(11-4-1-2-5-13(11)17)8-12-14(18)6-3-7-15(12)19/h1-7,10H,8-9H2. The molecule has 0 bridgehead atoms. The average molecular weight is 362 g/mol. The molecule has 19 heavy (non-hydrogen) atoms. The van der Waals surface area contributed by atoms with E-state index in [9.17, 15) is 4.39 Å². The van der Waals surface area contributed by atoms with Crippen LogP contribution >= 0.6 is 39.1 Å². The van der Waals surface area contributed by atoms with E-state index in [4.69, 9.17) is 23.2 Å². The highest BCUT2D eigenvalue weighted by Crippen LogP contribution is 2.31. The van der Waals surface area contributed by atoms with Crippen LogP contribution < -0.4 is 0 Å². The third-order valence-corrected chi connectivity index (χ3v) is 4.52. The third kappa shape index (κ3) is 3.50. The molecule has 4 heteroatoms. The zero-order chi connectivity index (χ0) is 13.8. The Morgan fingerprint density at radius 3 is 2.32 bits per heavy atom. The van der Waals surface area contributed by atoms with Crippen LogP contribution in [0.25, 0.3) is 0 Å². The highest BCUT2D eigenvalue weighted by atomic mass is 79.9. The van der Waals surface area contributed by atoms with Crippen molar-refractivity contribution in [2.24, 2.45) is 0 Å². The molecule has 100 valence electrons. The molecule has 0 saturated carbocycles. The minimum absolute atomic E-state index is 0.0862. The first-order chi connectivity index (χ1) is 9.13. The fraction of sp³-hybridized carbons (Fsp3) is 0.200. The zero-order valence-electron chi connectivity index (χ0n) is 10.0. The van der Waals surface area contributed by atoms with Crippen LogP contribution in [-0.4, -0.2) is 5.33 Å². The molecule has 0 fully saturated rings. The van der Waals surface area contributed by atoms with E-state index in [2.05, 4.69) is 15.9 Å². The molecular formula is C15H12BrCl2F. The fourth-order valence-corrected chi connectivity index (χ4v) is 3.14. The van der Waals surface area contributed by atoms with Crippen LogP contribution in [0.5, 0.6) is 0 Å². The van der Waals surface area contributed by atoms with Crippen LogP contribution in [0.3, 0.4) is 0 Å². The Labute approximate surface area is 130 Å². The van der Waals surface area contributed by atoms with Gasteiger partial charge in [-0.3, -0.25) is 0 Å². The van der Waals surface area contributed by atoms with Gasteiger partial charge in [0.25, 0.3) is 0 Å². The molecule has 1 atom stereocenters. The van der Waals surface area contributed by atoms with Gasteiger partial charge in [0, 0.05) is 20.9 Å². The molecule has 0 aliphatic rings. The summed E-state index contributed by atoms with van der Waals surface area (Å²) in [6.45, 7) is 0. The first-order valence-electron chi connectivity index (χ1n) is 5.86. The monoisotopic (exact) mass is 360 g/mol. The van der Waals surface area contributed by atoms with E-state index in [1.807, 2.05) is 24.3 Å². The van der Waals surface area contributed by atoms with Crippen molar-refractivity contribution >= 4 is 39.1 Å². The molecule has 0 aliphatic carbocycles. The topological polar surface area (TPSA) is 0 Å². The van der Waals surface area contributed by atoms with E-state index in [1.54, 1.807) is 12.1 Å². The predicted molar refractivity (Wildman–Crippen MR) is 83.1 cm³/mol. The Morgan fingerprint density at radius 1 is 1.00 bits per heavy atom. The van der Waals surface area contributed by atoms with Crippen LogP contribution in [0.1, 0.15) is 17.0 Å². The highest BCUT2D eigenvalue weighted by Gasteiger charge is 2.17. The van der Waals surface area contributed by atoms with E-state index >= 15 is 0 Å². The summed E-state index contributed by atoms with van der Waals surface area (Å²) < 4.78 is 13.8. The molecule has 0 aliphatic heterocycles.